The van der Waals surface area contributed by atoms with Gasteiger partial charge in [-0.15, -0.1) is 5.10 Å². The number of rotatable bonds is 0. The smallest absolute Gasteiger partial charge is 0.262 e. The molecule has 0 unspecified atom stereocenters. The molecule has 2 heterocycles. The van der Waals surface area contributed by atoms with Gasteiger partial charge in [0, 0.05) is 11.5 Å². The second-order valence-corrected chi connectivity index (χ2v) is 2.19. The van der Waals surface area contributed by atoms with E-state index in [1.807, 2.05) is 0 Å². The molecule has 0 aliphatic heterocycles. The quantitative estimate of drug-likeness (QED) is 0.570. The highest BCUT2D eigenvalue weighted by Crippen LogP contribution is 2.19. The lowest BCUT2D eigenvalue weighted by Crippen LogP contribution is -1.83. The van der Waals surface area contributed by atoms with Gasteiger partial charge in [-0.25, -0.2) is 0 Å². The van der Waals surface area contributed by atoms with Crippen LogP contribution in [-0.4, -0.2) is 14.7 Å². The maximum Gasteiger partial charge on any atom is 0.262 e. The van der Waals surface area contributed by atoms with E-state index in [2.05, 4.69) is 14.7 Å². The molecule has 2 rings (SSSR count). The van der Waals surface area contributed by atoms with E-state index in [0.717, 1.165) is 11.5 Å². The average molecular weight is 142 g/mol. The number of fused-ring (bicyclic) bond motifs is 1. The van der Waals surface area contributed by atoms with Gasteiger partial charge >= 0.3 is 0 Å². The largest absolute Gasteiger partial charge is 0.379 e. The third kappa shape index (κ3) is 0.501. The molecule has 2 aromatic heterocycles. The zero-order valence-corrected chi connectivity index (χ0v) is 5.05. The van der Waals surface area contributed by atoms with Crippen LogP contribution in [0.1, 0.15) is 0 Å². The van der Waals surface area contributed by atoms with Gasteiger partial charge < -0.3 is 10.3 Å². The molecule has 6 heteroatoms. The molecule has 2 N–H and O–H groups in total. The van der Waals surface area contributed by atoms with Crippen molar-refractivity contribution < 1.29 is 4.52 Å². The Kier molecular flexibility index (Phi) is 0.734. The first-order chi connectivity index (χ1) is 4.38. The maximum absolute atomic E-state index is 5.32. The zero-order valence-electron chi connectivity index (χ0n) is 4.24. The van der Waals surface area contributed by atoms with Crippen LogP contribution < -0.4 is 5.73 Å². The van der Waals surface area contributed by atoms with Crippen molar-refractivity contribution in [1.82, 2.24) is 14.7 Å². The molecular weight excluding hydrogens is 140 g/mol. The lowest BCUT2D eigenvalue weighted by Gasteiger charge is -1.69. The Morgan fingerprint density at radius 1 is 1.56 bits per heavy atom. The summed E-state index contributed by atoms with van der Waals surface area (Å²) in [5.41, 5.74) is 5.88. The first-order valence-electron chi connectivity index (χ1n) is 2.21. The highest BCUT2D eigenvalue weighted by Gasteiger charge is 2.06. The molecule has 0 saturated carbocycles. The van der Waals surface area contributed by atoms with E-state index in [0.29, 0.717) is 16.2 Å². The molecule has 9 heavy (non-hydrogen) atoms. The van der Waals surface area contributed by atoms with E-state index in [1.165, 1.54) is 0 Å². The van der Waals surface area contributed by atoms with Crippen LogP contribution in [0.5, 0.6) is 0 Å². The minimum Gasteiger partial charge on any atom is -0.379 e. The summed E-state index contributed by atoms with van der Waals surface area (Å²) in [6.45, 7) is 0. The van der Waals surface area contributed by atoms with Crippen molar-refractivity contribution in [3.63, 3.8) is 0 Å². The molecular formula is C3H2N4OS. The monoisotopic (exact) mass is 142 g/mol. The normalized spacial score (nSPS) is 10.7. The van der Waals surface area contributed by atoms with Gasteiger partial charge in [0.05, 0.1) is 0 Å². The summed E-state index contributed by atoms with van der Waals surface area (Å²) in [6, 6.07) is 0. The standard InChI is InChI=1S/C3H2N4OS/c4-2-1-3(8-6-2)9-7-5-1/h(H2,4,6). The Balaban J connectivity index is 2.99. The molecule has 0 saturated heterocycles. The minimum absolute atomic E-state index is 0.304. The van der Waals surface area contributed by atoms with Crippen LogP contribution in [0.25, 0.3) is 10.4 Å². The SMILES string of the molecule is Nc1noc2snnc12. The molecule has 5 nitrogen and oxygen atoms in total. The summed E-state index contributed by atoms with van der Waals surface area (Å²) in [6.07, 6.45) is 0. The van der Waals surface area contributed by atoms with Gasteiger partial charge in [0.1, 0.15) is 0 Å². The average Bonchev–Trinajstić information content (AvgIpc) is 2.35. The fraction of sp³-hybridized carbons (Fsp3) is 0. The van der Waals surface area contributed by atoms with Gasteiger partial charge in [-0.05, 0) is 0 Å². The van der Waals surface area contributed by atoms with Crippen molar-refractivity contribution in [2.45, 2.75) is 0 Å². The molecule has 0 aliphatic carbocycles. The zero-order chi connectivity index (χ0) is 6.27. The number of anilines is 1. The first kappa shape index (κ1) is 4.68. The van der Waals surface area contributed by atoms with Crippen molar-refractivity contribution >= 4 is 27.8 Å². The Hall–Kier alpha value is -1.17. The predicted octanol–water partition coefficient (Wildman–Crippen LogP) is 0.261. The van der Waals surface area contributed by atoms with E-state index in [4.69, 9.17) is 10.3 Å². The molecule has 2 aromatic rings. The Labute approximate surface area is 53.6 Å². The number of nitrogen functional groups attached to an aromatic ring is 1. The molecule has 0 spiro atoms. The van der Waals surface area contributed by atoms with Crippen LogP contribution in [0, 0.1) is 0 Å². The van der Waals surface area contributed by atoms with Crippen LogP contribution in [0.15, 0.2) is 4.52 Å². The van der Waals surface area contributed by atoms with Crippen molar-refractivity contribution in [2.75, 3.05) is 5.73 Å². The number of aromatic nitrogens is 3. The summed E-state index contributed by atoms with van der Waals surface area (Å²) in [7, 11) is 0. The van der Waals surface area contributed by atoms with Gasteiger partial charge in [0.2, 0.25) is 0 Å². The minimum atomic E-state index is 0.304. The van der Waals surface area contributed by atoms with Crippen molar-refractivity contribution in [3.8, 4) is 0 Å². The molecule has 0 radical (unpaired) electrons. The van der Waals surface area contributed by atoms with Crippen LogP contribution >= 0.6 is 11.5 Å². The van der Waals surface area contributed by atoms with Crippen LogP contribution in [0.4, 0.5) is 5.82 Å². The molecule has 0 atom stereocenters. The highest BCUT2D eigenvalue weighted by molar-refractivity contribution is 7.12. The summed E-state index contributed by atoms with van der Waals surface area (Å²) in [5, 5.41) is 7.13. The summed E-state index contributed by atoms with van der Waals surface area (Å²) in [5.74, 6) is 0.304. The third-order valence-corrected chi connectivity index (χ3v) is 1.52. The lowest BCUT2D eigenvalue weighted by molar-refractivity contribution is 0.466. The van der Waals surface area contributed by atoms with Gasteiger partial charge in [-0.3, -0.25) is 0 Å². The molecule has 0 fully saturated rings. The van der Waals surface area contributed by atoms with Gasteiger partial charge in [0.25, 0.3) is 4.90 Å². The van der Waals surface area contributed by atoms with E-state index >= 15 is 0 Å². The van der Waals surface area contributed by atoms with Gasteiger partial charge in [0.15, 0.2) is 11.3 Å². The van der Waals surface area contributed by atoms with Crippen LogP contribution in [0.3, 0.4) is 0 Å². The second-order valence-electron chi connectivity index (χ2n) is 1.48. The number of nitrogens with two attached hydrogens (primary N) is 1. The predicted molar refractivity (Wildman–Crippen MR) is 31.9 cm³/mol. The fourth-order valence-corrected chi connectivity index (χ4v) is 1.03. The van der Waals surface area contributed by atoms with Crippen molar-refractivity contribution in [2.24, 2.45) is 0 Å². The fourth-order valence-electron chi connectivity index (χ4n) is 0.532. The molecule has 0 aliphatic rings. The third-order valence-electron chi connectivity index (χ3n) is 0.927. The molecule has 0 bridgehead atoms. The van der Waals surface area contributed by atoms with Crippen molar-refractivity contribution in [3.05, 3.63) is 0 Å². The molecule has 0 aromatic carbocycles. The van der Waals surface area contributed by atoms with Gasteiger partial charge in [-0.2, -0.15) is 0 Å². The van der Waals surface area contributed by atoms with Crippen molar-refractivity contribution in [1.29, 1.82) is 0 Å². The maximum atomic E-state index is 5.32. The van der Waals surface area contributed by atoms with Crippen LogP contribution in [0.2, 0.25) is 0 Å². The highest BCUT2D eigenvalue weighted by atomic mass is 32.1. The molecule has 46 valence electrons. The number of hydrogen-bond donors (Lipinski definition) is 1. The number of nitrogens with zero attached hydrogens (tertiary/aromatic N) is 3. The first-order valence-corrected chi connectivity index (χ1v) is 2.98. The van der Waals surface area contributed by atoms with Gasteiger partial charge in [-0.1, -0.05) is 9.64 Å². The molecule has 0 amide bonds. The summed E-state index contributed by atoms with van der Waals surface area (Å²) >= 11 is 1.14. The van der Waals surface area contributed by atoms with E-state index in [-0.39, 0.29) is 0 Å². The Morgan fingerprint density at radius 2 is 2.44 bits per heavy atom. The van der Waals surface area contributed by atoms with E-state index in [1.54, 1.807) is 0 Å². The lowest BCUT2D eigenvalue weighted by atomic mass is 10.6. The Bertz CT molecular complexity index is 325. The van der Waals surface area contributed by atoms with E-state index < -0.39 is 0 Å². The second kappa shape index (κ2) is 1.41. The summed E-state index contributed by atoms with van der Waals surface area (Å²) < 4.78 is 8.31. The Morgan fingerprint density at radius 3 is 3.22 bits per heavy atom. The topological polar surface area (TPSA) is 77.8 Å². The van der Waals surface area contributed by atoms with Crippen LogP contribution in [-0.2, 0) is 0 Å². The summed E-state index contributed by atoms with van der Waals surface area (Å²) in [4.78, 5) is 0.576. The van der Waals surface area contributed by atoms with E-state index in [9.17, 15) is 0 Å². The number of hydrogen-bond acceptors (Lipinski definition) is 6.